The fraction of sp³-hybridized carbons (Fsp3) is 0.550. The average Bonchev–Trinajstić information content (AvgIpc) is 3.13. The molecular formula is C20H28N4O3. The van der Waals surface area contributed by atoms with Crippen LogP contribution in [-0.4, -0.2) is 78.2 Å². The fourth-order valence-electron chi connectivity index (χ4n) is 3.75. The van der Waals surface area contributed by atoms with E-state index in [4.69, 9.17) is 0 Å². The Kier molecular flexibility index (Phi) is 6.11. The van der Waals surface area contributed by atoms with Crippen molar-refractivity contribution >= 4 is 23.4 Å². The number of nitrogens with one attached hydrogen (secondary N) is 1. The molecule has 2 heterocycles. The molecule has 2 aliphatic rings. The summed E-state index contributed by atoms with van der Waals surface area (Å²) in [7, 11) is 2.00. The van der Waals surface area contributed by atoms with Crippen molar-refractivity contribution < 1.29 is 14.4 Å². The molecule has 0 spiro atoms. The minimum absolute atomic E-state index is 0.0165. The lowest BCUT2D eigenvalue weighted by Gasteiger charge is -2.37. The highest BCUT2D eigenvalue weighted by molar-refractivity contribution is 6.03. The van der Waals surface area contributed by atoms with E-state index in [9.17, 15) is 14.4 Å². The number of hydrogen-bond donors (Lipinski definition) is 1. The first-order chi connectivity index (χ1) is 13.0. The van der Waals surface area contributed by atoms with Gasteiger partial charge >= 0.3 is 0 Å². The van der Waals surface area contributed by atoms with Crippen molar-refractivity contribution in [3.05, 3.63) is 29.8 Å². The molecule has 0 radical (unpaired) electrons. The second-order valence-electron chi connectivity index (χ2n) is 7.20. The molecule has 2 fully saturated rings. The Morgan fingerprint density at radius 1 is 1.04 bits per heavy atom. The number of carbonyl (C=O) groups excluding carboxylic acids is 3. The maximum atomic E-state index is 12.9. The van der Waals surface area contributed by atoms with Gasteiger partial charge in [-0.05, 0) is 38.6 Å². The highest BCUT2D eigenvalue weighted by Crippen LogP contribution is 2.21. The van der Waals surface area contributed by atoms with Crippen LogP contribution in [0.25, 0.3) is 0 Å². The molecule has 1 N–H and O–H groups in total. The third kappa shape index (κ3) is 4.30. The highest BCUT2D eigenvalue weighted by Gasteiger charge is 2.33. The molecule has 3 amide bonds. The summed E-state index contributed by atoms with van der Waals surface area (Å²) in [5, 5.41) is 2.79. The van der Waals surface area contributed by atoms with E-state index in [2.05, 4.69) is 10.2 Å². The monoisotopic (exact) mass is 372 g/mol. The first-order valence-corrected chi connectivity index (χ1v) is 9.68. The van der Waals surface area contributed by atoms with Gasteiger partial charge in [-0.25, -0.2) is 0 Å². The lowest BCUT2D eigenvalue weighted by Crippen LogP contribution is -2.54. The molecule has 2 saturated heterocycles. The van der Waals surface area contributed by atoms with Gasteiger partial charge in [0.25, 0.3) is 5.91 Å². The van der Waals surface area contributed by atoms with Gasteiger partial charge in [-0.2, -0.15) is 0 Å². The summed E-state index contributed by atoms with van der Waals surface area (Å²) in [6.07, 6.45) is 2.34. The van der Waals surface area contributed by atoms with Crippen LogP contribution in [0, 0.1) is 0 Å². The molecule has 0 bridgehead atoms. The zero-order valence-electron chi connectivity index (χ0n) is 16.1. The normalized spacial score (nSPS) is 20.6. The third-order valence-corrected chi connectivity index (χ3v) is 5.44. The Balaban J connectivity index is 1.62. The summed E-state index contributed by atoms with van der Waals surface area (Å²) >= 11 is 0. The molecule has 1 unspecified atom stereocenters. The second-order valence-corrected chi connectivity index (χ2v) is 7.20. The predicted octanol–water partition coefficient (Wildman–Crippen LogP) is 1.41. The van der Waals surface area contributed by atoms with Gasteiger partial charge in [0.2, 0.25) is 11.8 Å². The van der Waals surface area contributed by atoms with Gasteiger partial charge in [0, 0.05) is 32.6 Å². The molecule has 7 heteroatoms. The van der Waals surface area contributed by atoms with Crippen molar-refractivity contribution in [3.8, 4) is 0 Å². The topological polar surface area (TPSA) is 73.0 Å². The average molecular weight is 372 g/mol. The summed E-state index contributed by atoms with van der Waals surface area (Å²) in [5.41, 5.74) is 1.04. The molecule has 1 atom stereocenters. The van der Waals surface area contributed by atoms with Crippen LogP contribution in [0.3, 0.4) is 0 Å². The van der Waals surface area contributed by atoms with Crippen LogP contribution in [0.4, 0.5) is 5.69 Å². The molecule has 1 aromatic rings. The van der Waals surface area contributed by atoms with Crippen LogP contribution in [0.2, 0.25) is 0 Å². The number of piperazine rings is 1. The van der Waals surface area contributed by atoms with E-state index < -0.39 is 0 Å². The zero-order chi connectivity index (χ0) is 19.4. The quantitative estimate of drug-likeness (QED) is 0.867. The first kappa shape index (κ1) is 19.4. The molecule has 2 aliphatic heterocycles. The molecule has 7 nitrogen and oxygen atoms in total. The van der Waals surface area contributed by atoms with Crippen molar-refractivity contribution in [2.45, 2.75) is 32.2 Å². The largest absolute Gasteiger partial charge is 0.338 e. The van der Waals surface area contributed by atoms with Crippen LogP contribution < -0.4 is 5.32 Å². The minimum atomic E-state index is -0.119. The molecule has 0 saturated carbocycles. The van der Waals surface area contributed by atoms with E-state index >= 15 is 0 Å². The zero-order valence-corrected chi connectivity index (χ0v) is 16.1. The van der Waals surface area contributed by atoms with Crippen LogP contribution in [-0.2, 0) is 9.59 Å². The van der Waals surface area contributed by atoms with E-state index in [1.54, 1.807) is 36.1 Å². The number of rotatable bonds is 4. The van der Waals surface area contributed by atoms with Gasteiger partial charge in [-0.1, -0.05) is 19.1 Å². The van der Waals surface area contributed by atoms with Gasteiger partial charge in [0.1, 0.15) is 0 Å². The SMILES string of the molecule is CCC(=O)Nc1ccccc1C(=O)N1CCN(C(=O)C2CCCN2C)CC1. The van der Waals surface area contributed by atoms with Crippen molar-refractivity contribution in [3.63, 3.8) is 0 Å². The van der Waals surface area contributed by atoms with Gasteiger partial charge in [0.05, 0.1) is 17.3 Å². The molecular weight excluding hydrogens is 344 g/mol. The van der Waals surface area contributed by atoms with Crippen LogP contribution in [0.15, 0.2) is 24.3 Å². The van der Waals surface area contributed by atoms with Crippen LogP contribution >= 0.6 is 0 Å². The number of likely N-dealkylation sites (tertiary alicyclic amines) is 1. The summed E-state index contributed by atoms with van der Waals surface area (Å²) in [4.78, 5) is 43.1. The number of hydrogen-bond acceptors (Lipinski definition) is 4. The maximum Gasteiger partial charge on any atom is 0.256 e. The number of para-hydroxylation sites is 1. The molecule has 3 rings (SSSR count). The van der Waals surface area contributed by atoms with Gasteiger partial charge < -0.3 is 15.1 Å². The van der Waals surface area contributed by atoms with E-state index in [0.717, 1.165) is 19.4 Å². The van der Waals surface area contributed by atoms with E-state index in [1.807, 2.05) is 11.9 Å². The Morgan fingerprint density at radius 3 is 2.33 bits per heavy atom. The third-order valence-electron chi connectivity index (χ3n) is 5.44. The second kappa shape index (κ2) is 8.52. The molecule has 146 valence electrons. The summed E-state index contributed by atoms with van der Waals surface area (Å²) < 4.78 is 0. The van der Waals surface area contributed by atoms with E-state index in [-0.39, 0.29) is 23.8 Å². The maximum absolute atomic E-state index is 12.9. The summed E-state index contributed by atoms with van der Waals surface area (Å²) in [5.74, 6) is -0.0452. The van der Waals surface area contributed by atoms with Gasteiger partial charge in [-0.3, -0.25) is 19.3 Å². The van der Waals surface area contributed by atoms with Gasteiger partial charge in [0.15, 0.2) is 0 Å². The lowest BCUT2D eigenvalue weighted by molar-refractivity contribution is -0.137. The Morgan fingerprint density at radius 2 is 1.70 bits per heavy atom. The number of nitrogens with zero attached hydrogens (tertiary/aromatic N) is 3. The summed E-state index contributed by atoms with van der Waals surface area (Å²) in [6, 6.07) is 7.06. The first-order valence-electron chi connectivity index (χ1n) is 9.68. The Bertz CT molecular complexity index is 713. The highest BCUT2D eigenvalue weighted by atomic mass is 16.2. The van der Waals surface area contributed by atoms with Crippen molar-refractivity contribution in [1.29, 1.82) is 0 Å². The summed E-state index contributed by atoms with van der Waals surface area (Å²) in [6.45, 7) is 4.87. The predicted molar refractivity (Wildman–Crippen MR) is 103 cm³/mol. The van der Waals surface area contributed by atoms with E-state index in [0.29, 0.717) is 43.9 Å². The number of amides is 3. The molecule has 1 aromatic carbocycles. The number of carbonyl (C=O) groups is 3. The number of benzene rings is 1. The number of anilines is 1. The molecule has 27 heavy (non-hydrogen) atoms. The fourth-order valence-corrected chi connectivity index (χ4v) is 3.75. The molecule has 0 aromatic heterocycles. The smallest absolute Gasteiger partial charge is 0.256 e. The Labute approximate surface area is 160 Å². The number of likely N-dealkylation sites (N-methyl/N-ethyl adjacent to an activating group) is 1. The van der Waals surface area contributed by atoms with Gasteiger partial charge in [-0.15, -0.1) is 0 Å². The minimum Gasteiger partial charge on any atom is -0.338 e. The molecule has 0 aliphatic carbocycles. The standard InChI is InChI=1S/C20H28N4O3/c1-3-18(25)21-16-8-5-4-7-15(16)19(26)23-11-13-24(14-12-23)20(27)17-9-6-10-22(17)2/h4-5,7-8,17H,3,6,9-14H2,1-2H3,(H,21,25). The van der Waals surface area contributed by atoms with Crippen molar-refractivity contribution in [2.75, 3.05) is 45.1 Å². The van der Waals surface area contributed by atoms with Crippen molar-refractivity contribution in [2.24, 2.45) is 0 Å². The van der Waals surface area contributed by atoms with Crippen LogP contribution in [0.1, 0.15) is 36.5 Å². The lowest BCUT2D eigenvalue weighted by atomic mass is 10.1. The van der Waals surface area contributed by atoms with Crippen molar-refractivity contribution in [1.82, 2.24) is 14.7 Å². The van der Waals surface area contributed by atoms with Crippen LogP contribution in [0.5, 0.6) is 0 Å². The Hall–Kier alpha value is -2.41. The van der Waals surface area contributed by atoms with E-state index in [1.165, 1.54) is 0 Å².